The first kappa shape index (κ1) is 17.7. The van der Waals surface area contributed by atoms with Gasteiger partial charge in [0.1, 0.15) is 0 Å². The lowest BCUT2D eigenvalue weighted by atomic mass is 10.0. The molecular formula is C20H20N2O4. The molecule has 0 unspecified atom stereocenters. The lowest BCUT2D eigenvalue weighted by Gasteiger charge is -2.27. The fourth-order valence-corrected chi connectivity index (χ4v) is 3.09. The van der Waals surface area contributed by atoms with E-state index in [0.717, 1.165) is 18.5 Å². The van der Waals surface area contributed by atoms with E-state index in [2.05, 4.69) is 5.32 Å². The molecular weight excluding hydrogens is 332 g/mol. The van der Waals surface area contributed by atoms with Crippen molar-refractivity contribution in [1.82, 2.24) is 0 Å². The van der Waals surface area contributed by atoms with Crippen molar-refractivity contribution in [3.63, 3.8) is 0 Å². The summed E-state index contributed by atoms with van der Waals surface area (Å²) in [5, 5.41) is 12.0. The minimum absolute atomic E-state index is 0.0324. The van der Waals surface area contributed by atoms with E-state index in [-0.39, 0.29) is 23.8 Å². The number of aromatic carboxylic acids is 1. The van der Waals surface area contributed by atoms with Crippen molar-refractivity contribution >= 4 is 29.2 Å². The molecule has 3 rings (SSSR count). The first-order valence-corrected chi connectivity index (χ1v) is 8.56. The summed E-state index contributed by atoms with van der Waals surface area (Å²) in [5.41, 5.74) is 1.92. The maximum absolute atomic E-state index is 12.3. The van der Waals surface area contributed by atoms with Gasteiger partial charge in [0.25, 0.3) is 0 Å². The van der Waals surface area contributed by atoms with Crippen LogP contribution in [0.4, 0.5) is 11.4 Å². The second kappa shape index (κ2) is 7.82. The maximum atomic E-state index is 12.3. The summed E-state index contributed by atoms with van der Waals surface area (Å²) in [6.07, 6.45) is 2.39. The van der Waals surface area contributed by atoms with Gasteiger partial charge in [-0.05, 0) is 42.7 Å². The summed E-state index contributed by atoms with van der Waals surface area (Å²) in [4.78, 5) is 37.4. The standard InChI is InChI=1S/C20H20N2O4/c23-18(12-14-6-1-2-9-17(14)20(25)26)21-15-7-5-8-16(13-15)22-11-4-3-10-19(22)24/h1-2,5-9,13H,3-4,10-12H2,(H,21,23)(H,25,26). The SMILES string of the molecule is O=C(Cc1ccccc1C(=O)O)Nc1cccc(N2CCCCC2=O)c1. The Kier molecular flexibility index (Phi) is 5.31. The van der Waals surface area contributed by atoms with Crippen molar-refractivity contribution in [3.05, 3.63) is 59.7 Å². The third-order valence-electron chi connectivity index (χ3n) is 4.36. The zero-order valence-corrected chi connectivity index (χ0v) is 14.3. The third kappa shape index (κ3) is 4.08. The topological polar surface area (TPSA) is 86.7 Å². The van der Waals surface area contributed by atoms with E-state index in [0.29, 0.717) is 24.2 Å². The Morgan fingerprint density at radius 3 is 2.65 bits per heavy atom. The van der Waals surface area contributed by atoms with Gasteiger partial charge in [-0.1, -0.05) is 24.3 Å². The van der Waals surface area contributed by atoms with Crippen LogP contribution >= 0.6 is 0 Å². The molecule has 2 amide bonds. The molecule has 6 nitrogen and oxygen atoms in total. The quantitative estimate of drug-likeness (QED) is 0.866. The first-order valence-electron chi connectivity index (χ1n) is 8.56. The Morgan fingerprint density at radius 1 is 1.08 bits per heavy atom. The molecule has 2 aromatic rings. The second-order valence-electron chi connectivity index (χ2n) is 6.24. The van der Waals surface area contributed by atoms with E-state index in [1.807, 2.05) is 6.07 Å². The summed E-state index contributed by atoms with van der Waals surface area (Å²) < 4.78 is 0. The van der Waals surface area contributed by atoms with Gasteiger partial charge < -0.3 is 15.3 Å². The zero-order chi connectivity index (χ0) is 18.5. The van der Waals surface area contributed by atoms with Crippen LogP contribution in [0, 0.1) is 0 Å². The predicted octanol–water partition coefficient (Wildman–Crippen LogP) is 3.08. The smallest absolute Gasteiger partial charge is 0.335 e. The first-order chi connectivity index (χ1) is 12.5. The Balaban J connectivity index is 1.71. The fourth-order valence-electron chi connectivity index (χ4n) is 3.09. The van der Waals surface area contributed by atoms with Crippen LogP contribution in [0.3, 0.4) is 0 Å². The summed E-state index contributed by atoms with van der Waals surface area (Å²) in [6, 6.07) is 13.6. The van der Waals surface area contributed by atoms with Crippen molar-refractivity contribution in [2.75, 3.05) is 16.8 Å². The Morgan fingerprint density at radius 2 is 1.88 bits per heavy atom. The lowest BCUT2D eigenvalue weighted by molar-refractivity contribution is -0.119. The molecule has 1 aliphatic heterocycles. The molecule has 6 heteroatoms. The van der Waals surface area contributed by atoms with Crippen molar-refractivity contribution < 1.29 is 19.5 Å². The second-order valence-corrected chi connectivity index (χ2v) is 6.24. The number of carbonyl (C=O) groups is 3. The molecule has 0 bridgehead atoms. The van der Waals surface area contributed by atoms with Crippen LogP contribution in [0.25, 0.3) is 0 Å². The van der Waals surface area contributed by atoms with Crippen LogP contribution in [-0.2, 0) is 16.0 Å². The van der Waals surface area contributed by atoms with Crippen LogP contribution in [0.15, 0.2) is 48.5 Å². The fraction of sp³-hybridized carbons (Fsp3) is 0.250. The van der Waals surface area contributed by atoms with Gasteiger partial charge in [-0.15, -0.1) is 0 Å². The number of anilines is 2. The molecule has 0 atom stereocenters. The number of piperidine rings is 1. The minimum Gasteiger partial charge on any atom is -0.478 e. The Bertz CT molecular complexity index is 847. The minimum atomic E-state index is -1.06. The van der Waals surface area contributed by atoms with Crippen molar-refractivity contribution in [2.45, 2.75) is 25.7 Å². The van der Waals surface area contributed by atoms with Gasteiger partial charge in [-0.3, -0.25) is 9.59 Å². The van der Waals surface area contributed by atoms with Gasteiger partial charge in [0.2, 0.25) is 11.8 Å². The number of carboxylic acids is 1. The Labute approximate surface area is 151 Å². The molecule has 0 spiro atoms. The third-order valence-corrected chi connectivity index (χ3v) is 4.36. The molecule has 1 aliphatic rings. The van der Waals surface area contributed by atoms with Crippen molar-refractivity contribution in [2.24, 2.45) is 0 Å². The molecule has 134 valence electrons. The number of nitrogens with one attached hydrogen (secondary N) is 1. The molecule has 0 radical (unpaired) electrons. The average Bonchev–Trinajstić information content (AvgIpc) is 2.62. The normalized spacial score (nSPS) is 14.2. The highest BCUT2D eigenvalue weighted by Gasteiger charge is 2.20. The number of rotatable bonds is 5. The van der Waals surface area contributed by atoms with Crippen molar-refractivity contribution in [1.29, 1.82) is 0 Å². The van der Waals surface area contributed by atoms with Gasteiger partial charge in [-0.25, -0.2) is 4.79 Å². The summed E-state index contributed by atoms with van der Waals surface area (Å²) in [6.45, 7) is 0.683. The Hall–Kier alpha value is -3.15. The van der Waals surface area contributed by atoms with Gasteiger partial charge in [0.05, 0.1) is 12.0 Å². The van der Waals surface area contributed by atoms with Crippen LogP contribution in [-0.4, -0.2) is 29.4 Å². The van der Waals surface area contributed by atoms with Crippen LogP contribution in [0.5, 0.6) is 0 Å². The van der Waals surface area contributed by atoms with Gasteiger partial charge in [0, 0.05) is 24.3 Å². The zero-order valence-electron chi connectivity index (χ0n) is 14.3. The molecule has 2 aromatic carbocycles. The molecule has 26 heavy (non-hydrogen) atoms. The maximum Gasteiger partial charge on any atom is 0.335 e. The average molecular weight is 352 g/mol. The van der Waals surface area contributed by atoms with E-state index in [1.54, 1.807) is 41.3 Å². The number of carboxylic acid groups (broad SMARTS) is 1. The summed E-state index contributed by atoms with van der Waals surface area (Å²) in [7, 11) is 0. The highest BCUT2D eigenvalue weighted by Crippen LogP contribution is 2.24. The lowest BCUT2D eigenvalue weighted by Crippen LogP contribution is -2.35. The highest BCUT2D eigenvalue weighted by atomic mass is 16.4. The van der Waals surface area contributed by atoms with E-state index in [9.17, 15) is 19.5 Å². The summed E-state index contributed by atoms with van der Waals surface area (Å²) >= 11 is 0. The van der Waals surface area contributed by atoms with E-state index in [1.165, 1.54) is 6.07 Å². The van der Waals surface area contributed by atoms with Crippen molar-refractivity contribution in [3.8, 4) is 0 Å². The molecule has 0 saturated carbocycles. The number of amides is 2. The van der Waals surface area contributed by atoms with Gasteiger partial charge >= 0.3 is 5.97 Å². The number of nitrogens with zero attached hydrogens (tertiary/aromatic N) is 1. The predicted molar refractivity (Wildman–Crippen MR) is 98.4 cm³/mol. The van der Waals surface area contributed by atoms with Crippen LogP contribution in [0.2, 0.25) is 0 Å². The number of hydrogen-bond donors (Lipinski definition) is 2. The van der Waals surface area contributed by atoms with Gasteiger partial charge in [0.15, 0.2) is 0 Å². The molecule has 0 aliphatic carbocycles. The number of hydrogen-bond acceptors (Lipinski definition) is 3. The molecule has 1 heterocycles. The highest BCUT2D eigenvalue weighted by molar-refractivity contribution is 5.98. The molecule has 0 aromatic heterocycles. The largest absolute Gasteiger partial charge is 0.478 e. The van der Waals surface area contributed by atoms with E-state index >= 15 is 0 Å². The molecule has 1 saturated heterocycles. The number of carbonyl (C=O) groups excluding carboxylic acids is 2. The van der Waals surface area contributed by atoms with Crippen LogP contribution < -0.4 is 10.2 Å². The molecule has 2 N–H and O–H groups in total. The monoisotopic (exact) mass is 352 g/mol. The van der Waals surface area contributed by atoms with E-state index < -0.39 is 5.97 Å². The van der Waals surface area contributed by atoms with E-state index in [4.69, 9.17) is 0 Å². The summed E-state index contributed by atoms with van der Waals surface area (Å²) in [5.74, 6) is -1.27. The number of benzene rings is 2. The molecule has 1 fully saturated rings. The van der Waals surface area contributed by atoms with Crippen LogP contribution in [0.1, 0.15) is 35.2 Å². The van der Waals surface area contributed by atoms with Gasteiger partial charge in [-0.2, -0.15) is 0 Å².